The summed E-state index contributed by atoms with van der Waals surface area (Å²) >= 11 is 1.37. The molecule has 1 saturated heterocycles. The van der Waals surface area contributed by atoms with Crippen LogP contribution in [0.15, 0.2) is 22.6 Å². The molecule has 0 saturated carbocycles. The molecule has 2 aromatic heterocycles. The van der Waals surface area contributed by atoms with E-state index in [1.54, 1.807) is 0 Å². The Balaban J connectivity index is 1.82. The van der Waals surface area contributed by atoms with Crippen molar-refractivity contribution in [1.82, 2.24) is 14.5 Å². The first-order valence-corrected chi connectivity index (χ1v) is 7.34. The van der Waals surface area contributed by atoms with Crippen LogP contribution in [0.2, 0.25) is 0 Å². The maximum absolute atomic E-state index is 12.2. The highest BCUT2D eigenvalue weighted by atomic mass is 32.1. The Labute approximate surface area is 114 Å². The van der Waals surface area contributed by atoms with Crippen molar-refractivity contribution < 1.29 is 4.79 Å². The van der Waals surface area contributed by atoms with Crippen LogP contribution in [-0.4, -0.2) is 33.4 Å². The first-order chi connectivity index (χ1) is 9.25. The zero-order valence-corrected chi connectivity index (χ0v) is 11.4. The van der Waals surface area contributed by atoms with Crippen LogP contribution >= 0.6 is 11.3 Å². The molecule has 3 heterocycles. The van der Waals surface area contributed by atoms with E-state index in [1.165, 1.54) is 28.7 Å². The SMILES string of the molecule is O=C(Cn1cnc2ccsc2c1=O)N1CCCCC1. The largest absolute Gasteiger partial charge is 0.341 e. The van der Waals surface area contributed by atoms with Gasteiger partial charge in [-0.25, -0.2) is 4.98 Å². The fourth-order valence-electron chi connectivity index (χ4n) is 2.38. The number of rotatable bonds is 2. The standard InChI is InChI=1S/C13H15N3O2S/c17-11(15-5-2-1-3-6-15)8-16-9-14-10-4-7-19-12(10)13(16)18/h4,7,9H,1-3,5-6,8H2. The van der Waals surface area contributed by atoms with Crippen molar-refractivity contribution in [2.75, 3.05) is 13.1 Å². The van der Waals surface area contributed by atoms with E-state index in [0.29, 0.717) is 10.2 Å². The maximum atomic E-state index is 12.2. The first kappa shape index (κ1) is 12.3. The van der Waals surface area contributed by atoms with Crippen LogP contribution in [0.5, 0.6) is 0 Å². The number of hydrogen-bond acceptors (Lipinski definition) is 4. The second kappa shape index (κ2) is 5.13. The predicted molar refractivity (Wildman–Crippen MR) is 74.3 cm³/mol. The maximum Gasteiger partial charge on any atom is 0.271 e. The number of hydrogen-bond donors (Lipinski definition) is 0. The Morgan fingerprint density at radius 3 is 2.89 bits per heavy atom. The molecular weight excluding hydrogens is 262 g/mol. The van der Waals surface area contributed by atoms with E-state index in [9.17, 15) is 9.59 Å². The van der Waals surface area contributed by atoms with Crippen LogP contribution in [0.4, 0.5) is 0 Å². The summed E-state index contributed by atoms with van der Waals surface area (Å²) in [4.78, 5) is 30.4. The van der Waals surface area contributed by atoms with Gasteiger partial charge in [-0.1, -0.05) is 0 Å². The lowest BCUT2D eigenvalue weighted by Gasteiger charge is -2.26. The van der Waals surface area contributed by atoms with Crippen molar-refractivity contribution >= 4 is 27.5 Å². The topological polar surface area (TPSA) is 55.2 Å². The van der Waals surface area contributed by atoms with Gasteiger partial charge in [0.2, 0.25) is 5.91 Å². The molecule has 0 radical (unpaired) electrons. The molecule has 3 rings (SSSR count). The van der Waals surface area contributed by atoms with Crippen LogP contribution < -0.4 is 5.56 Å². The van der Waals surface area contributed by atoms with Gasteiger partial charge in [-0.2, -0.15) is 0 Å². The molecule has 1 fully saturated rings. The number of carbonyl (C=O) groups excluding carboxylic acids is 1. The average molecular weight is 277 g/mol. The molecule has 1 aliphatic rings. The lowest BCUT2D eigenvalue weighted by molar-refractivity contribution is -0.132. The monoisotopic (exact) mass is 277 g/mol. The number of carbonyl (C=O) groups is 1. The molecule has 2 aromatic rings. The molecule has 1 amide bonds. The molecule has 0 spiro atoms. The Morgan fingerprint density at radius 2 is 2.11 bits per heavy atom. The minimum Gasteiger partial charge on any atom is -0.341 e. The minimum atomic E-state index is -0.120. The summed E-state index contributed by atoms with van der Waals surface area (Å²) in [5, 5.41) is 1.84. The van der Waals surface area contributed by atoms with Crippen molar-refractivity contribution in [3.63, 3.8) is 0 Å². The number of likely N-dealkylation sites (tertiary alicyclic amines) is 1. The van der Waals surface area contributed by atoms with Gasteiger partial charge in [0, 0.05) is 13.1 Å². The number of aromatic nitrogens is 2. The second-order valence-corrected chi connectivity index (χ2v) is 5.67. The van der Waals surface area contributed by atoms with E-state index in [4.69, 9.17) is 0 Å². The van der Waals surface area contributed by atoms with Crippen LogP contribution in [0, 0.1) is 0 Å². The van der Waals surface area contributed by atoms with Crippen LogP contribution in [0.1, 0.15) is 19.3 Å². The van der Waals surface area contributed by atoms with Crippen molar-refractivity contribution in [3.05, 3.63) is 28.1 Å². The molecule has 6 heteroatoms. The van der Waals surface area contributed by atoms with Crippen molar-refractivity contribution in [1.29, 1.82) is 0 Å². The molecule has 0 unspecified atom stereocenters. The molecule has 19 heavy (non-hydrogen) atoms. The second-order valence-electron chi connectivity index (χ2n) is 4.75. The summed E-state index contributed by atoms with van der Waals surface area (Å²) in [6, 6.07) is 1.82. The fourth-order valence-corrected chi connectivity index (χ4v) is 3.17. The molecule has 0 aromatic carbocycles. The van der Waals surface area contributed by atoms with Gasteiger partial charge in [0.25, 0.3) is 5.56 Å². The molecule has 0 aliphatic carbocycles. The summed E-state index contributed by atoms with van der Waals surface area (Å²) in [6.45, 7) is 1.71. The molecule has 5 nitrogen and oxygen atoms in total. The third kappa shape index (κ3) is 2.40. The average Bonchev–Trinajstić information content (AvgIpc) is 2.92. The summed E-state index contributed by atoms with van der Waals surface area (Å²) in [5.74, 6) is 0.0134. The van der Waals surface area contributed by atoms with Gasteiger partial charge >= 0.3 is 0 Å². The zero-order valence-electron chi connectivity index (χ0n) is 10.5. The predicted octanol–water partition coefficient (Wildman–Crippen LogP) is 1.47. The highest BCUT2D eigenvalue weighted by Crippen LogP contribution is 2.13. The number of amides is 1. The lowest BCUT2D eigenvalue weighted by atomic mass is 10.1. The first-order valence-electron chi connectivity index (χ1n) is 6.46. The molecule has 1 aliphatic heterocycles. The van der Waals surface area contributed by atoms with E-state index in [-0.39, 0.29) is 18.0 Å². The van der Waals surface area contributed by atoms with E-state index in [1.807, 2.05) is 16.3 Å². The van der Waals surface area contributed by atoms with E-state index < -0.39 is 0 Å². The molecule has 100 valence electrons. The molecular formula is C13H15N3O2S. The van der Waals surface area contributed by atoms with E-state index in [2.05, 4.69) is 4.98 Å². The van der Waals surface area contributed by atoms with Crippen LogP contribution in [0.3, 0.4) is 0 Å². The van der Waals surface area contributed by atoms with Crippen molar-refractivity contribution in [3.8, 4) is 0 Å². The Bertz CT molecular complexity index is 655. The van der Waals surface area contributed by atoms with Gasteiger partial charge in [-0.3, -0.25) is 14.2 Å². The quantitative estimate of drug-likeness (QED) is 0.835. The van der Waals surface area contributed by atoms with E-state index >= 15 is 0 Å². The van der Waals surface area contributed by atoms with Gasteiger partial charge in [0.05, 0.1) is 11.8 Å². The molecule has 0 bridgehead atoms. The lowest BCUT2D eigenvalue weighted by Crippen LogP contribution is -2.39. The minimum absolute atomic E-state index is 0.0134. The smallest absolute Gasteiger partial charge is 0.271 e. The van der Waals surface area contributed by atoms with E-state index in [0.717, 1.165) is 25.9 Å². The molecule has 0 N–H and O–H groups in total. The van der Waals surface area contributed by atoms with Gasteiger partial charge in [-0.15, -0.1) is 11.3 Å². The Morgan fingerprint density at radius 1 is 1.32 bits per heavy atom. The highest BCUT2D eigenvalue weighted by Gasteiger charge is 2.17. The van der Waals surface area contributed by atoms with Gasteiger partial charge in [0.15, 0.2) is 0 Å². The number of nitrogens with zero attached hydrogens (tertiary/aromatic N) is 3. The third-order valence-corrected chi connectivity index (χ3v) is 4.34. The highest BCUT2D eigenvalue weighted by molar-refractivity contribution is 7.17. The number of thiophene rings is 1. The Hall–Kier alpha value is -1.69. The Kier molecular flexibility index (Phi) is 3.33. The normalized spacial score (nSPS) is 15.9. The van der Waals surface area contributed by atoms with Gasteiger partial charge < -0.3 is 4.90 Å². The summed E-state index contributed by atoms with van der Waals surface area (Å²) in [7, 11) is 0. The van der Waals surface area contributed by atoms with Gasteiger partial charge in [0.1, 0.15) is 11.2 Å². The summed E-state index contributed by atoms with van der Waals surface area (Å²) in [5.41, 5.74) is 0.585. The van der Waals surface area contributed by atoms with Crippen LogP contribution in [0.25, 0.3) is 10.2 Å². The zero-order chi connectivity index (χ0) is 13.2. The van der Waals surface area contributed by atoms with Gasteiger partial charge in [-0.05, 0) is 30.7 Å². The summed E-state index contributed by atoms with van der Waals surface area (Å²) < 4.78 is 2.03. The van der Waals surface area contributed by atoms with Crippen LogP contribution in [-0.2, 0) is 11.3 Å². The summed E-state index contributed by atoms with van der Waals surface area (Å²) in [6.07, 6.45) is 4.78. The third-order valence-electron chi connectivity index (χ3n) is 3.45. The number of piperidine rings is 1. The van der Waals surface area contributed by atoms with Crippen molar-refractivity contribution in [2.45, 2.75) is 25.8 Å². The van der Waals surface area contributed by atoms with Crippen molar-refractivity contribution in [2.24, 2.45) is 0 Å². The molecule has 0 atom stereocenters. The number of fused-ring (bicyclic) bond motifs is 1. The fraction of sp³-hybridized carbons (Fsp3) is 0.462.